The molecule has 2 fully saturated rings. The van der Waals surface area contributed by atoms with E-state index in [1.54, 1.807) is 20.2 Å². The second kappa shape index (κ2) is 9.72. The van der Waals surface area contributed by atoms with Crippen LogP contribution in [0.2, 0.25) is 0 Å². The standard InChI is InChI=1S/C30H33N3O7/c1-32(2)13-14-6-5-7-15(10-14)17-8-9-20(34)22-18(17)11-16-12-19-24(33(3)4)26(36)23(29(31)39)28(38)30(19,40)27(37)21(16)25(22)35/h5-10,16,19,21,23-24,34,40H,11-13H2,1-4H3,(H2,31,39)/t16-,19-,21?,23?,24-,30-/m1/s1. The summed E-state index contributed by atoms with van der Waals surface area (Å²) in [5.41, 5.74) is 5.84. The van der Waals surface area contributed by atoms with E-state index < -0.39 is 64.4 Å². The van der Waals surface area contributed by atoms with Crippen LogP contribution in [0.4, 0.5) is 0 Å². The highest BCUT2D eigenvalue weighted by Gasteiger charge is 2.69. The van der Waals surface area contributed by atoms with E-state index in [-0.39, 0.29) is 24.2 Å². The molecular formula is C30H33N3O7. The summed E-state index contributed by atoms with van der Waals surface area (Å²) in [5.74, 6) is -10.5. The number of primary amides is 1. The van der Waals surface area contributed by atoms with Crippen molar-refractivity contribution in [3.8, 4) is 16.9 Å². The molecule has 210 valence electrons. The third-order valence-corrected chi connectivity index (χ3v) is 8.68. The summed E-state index contributed by atoms with van der Waals surface area (Å²) >= 11 is 0. The Hall–Kier alpha value is -3.73. The number of carbonyl (C=O) groups is 5. The van der Waals surface area contributed by atoms with Crippen molar-refractivity contribution < 1.29 is 34.2 Å². The van der Waals surface area contributed by atoms with Gasteiger partial charge < -0.3 is 20.8 Å². The first-order chi connectivity index (χ1) is 18.8. The van der Waals surface area contributed by atoms with Gasteiger partial charge in [0.1, 0.15) is 5.75 Å². The molecule has 10 nitrogen and oxygen atoms in total. The highest BCUT2D eigenvalue weighted by Crippen LogP contribution is 2.51. The molecule has 4 N–H and O–H groups in total. The number of ketones is 4. The first-order valence-electron chi connectivity index (χ1n) is 13.2. The average molecular weight is 548 g/mol. The molecule has 1 amide bonds. The average Bonchev–Trinajstić information content (AvgIpc) is 2.85. The number of phenols is 1. The minimum absolute atomic E-state index is 0.0119. The van der Waals surface area contributed by atoms with Crippen LogP contribution in [0, 0.1) is 23.7 Å². The van der Waals surface area contributed by atoms with Gasteiger partial charge >= 0.3 is 0 Å². The summed E-state index contributed by atoms with van der Waals surface area (Å²) < 4.78 is 0. The molecule has 6 atom stereocenters. The molecule has 2 aromatic rings. The molecule has 0 radical (unpaired) electrons. The van der Waals surface area contributed by atoms with Gasteiger partial charge in [-0.25, -0.2) is 0 Å². The molecule has 0 aromatic heterocycles. The van der Waals surface area contributed by atoms with Crippen LogP contribution in [0.3, 0.4) is 0 Å². The van der Waals surface area contributed by atoms with Gasteiger partial charge in [0.25, 0.3) is 0 Å². The van der Waals surface area contributed by atoms with Gasteiger partial charge in [-0.05, 0) is 81.3 Å². The van der Waals surface area contributed by atoms with Gasteiger partial charge in [-0.3, -0.25) is 28.9 Å². The van der Waals surface area contributed by atoms with Gasteiger partial charge in [-0.2, -0.15) is 0 Å². The predicted molar refractivity (Wildman–Crippen MR) is 144 cm³/mol. The lowest BCUT2D eigenvalue weighted by atomic mass is 9.52. The summed E-state index contributed by atoms with van der Waals surface area (Å²) in [5, 5.41) is 22.5. The summed E-state index contributed by atoms with van der Waals surface area (Å²) in [4.78, 5) is 70.1. The van der Waals surface area contributed by atoms with E-state index in [0.29, 0.717) is 12.1 Å². The van der Waals surface area contributed by atoms with E-state index in [4.69, 9.17) is 5.73 Å². The van der Waals surface area contributed by atoms with Gasteiger partial charge in [0.05, 0.1) is 17.5 Å². The van der Waals surface area contributed by atoms with Gasteiger partial charge in [-0.1, -0.05) is 24.3 Å². The molecule has 0 heterocycles. The lowest BCUT2D eigenvalue weighted by Gasteiger charge is -2.52. The van der Waals surface area contributed by atoms with Crippen molar-refractivity contribution in [1.29, 1.82) is 0 Å². The van der Waals surface area contributed by atoms with E-state index in [2.05, 4.69) is 0 Å². The predicted octanol–water partition coefficient (Wildman–Crippen LogP) is 0.596. The van der Waals surface area contributed by atoms with Crippen molar-refractivity contribution in [2.75, 3.05) is 28.2 Å². The van der Waals surface area contributed by atoms with Crippen LogP contribution in [-0.2, 0) is 32.1 Å². The molecule has 3 aliphatic carbocycles. The molecular weight excluding hydrogens is 514 g/mol. The molecule has 2 saturated carbocycles. The van der Waals surface area contributed by atoms with Gasteiger partial charge in [-0.15, -0.1) is 0 Å². The summed E-state index contributed by atoms with van der Waals surface area (Å²) in [6.07, 6.45) is 0.229. The number of rotatable bonds is 5. The highest BCUT2D eigenvalue weighted by molar-refractivity contribution is 6.32. The maximum absolute atomic E-state index is 13.9. The smallest absolute Gasteiger partial charge is 0.235 e. The van der Waals surface area contributed by atoms with Crippen molar-refractivity contribution in [3.63, 3.8) is 0 Å². The number of likely N-dealkylation sites (N-methyl/N-ethyl adjacent to an activating group) is 1. The van der Waals surface area contributed by atoms with Crippen LogP contribution < -0.4 is 5.73 Å². The summed E-state index contributed by atoms with van der Waals surface area (Å²) in [6.45, 7) is 0.701. The Bertz CT molecular complexity index is 1470. The number of fused-ring (bicyclic) bond motifs is 3. The second-order valence-corrected chi connectivity index (χ2v) is 11.7. The third kappa shape index (κ3) is 4.01. The van der Waals surface area contributed by atoms with E-state index in [9.17, 15) is 34.2 Å². The quantitative estimate of drug-likeness (QED) is 0.456. The van der Waals surface area contributed by atoms with Crippen LogP contribution in [0.5, 0.6) is 5.75 Å². The fourth-order valence-corrected chi connectivity index (χ4v) is 7.08. The first kappa shape index (κ1) is 27.8. The molecule has 5 rings (SSSR count). The van der Waals surface area contributed by atoms with Crippen molar-refractivity contribution in [3.05, 3.63) is 53.1 Å². The SMILES string of the molecule is CN(C)Cc1cccc(-c2ccc(O)c3c2C[C@@H]2C[C@@H]4[C@@H](N(C)C)C(=O)C(C(N)=O)C(=O)[C@]4(O)C(=O)C2C3=O)c1. The molecule has 0 aliphatic heterocycles. The van der Waals surface area contributed by atoms with E-state index >= 15 is 0 Å². The number of phenolic OH excluding ortho intramolecular Hbond substituents is 1. The zero-order chi connectivity index (χ0) is 29.3. The maximum Gasteiger partial charge on any atom is 0.235 e. The maximum atomic E-state index is 13.9. The number of nitrogens with zero attached hydrogens (tertiary/aromatic N) is 2. The first-order valence-corrected chi connectivity index (χ1v) is 13.2. The molecule has 2 aromatic carbocycles. The molecule has 0 bridgehead atoms. The van der Waals surface area contributed by atoms with Crippen LogP contribution >= 0.6 is 0 Å². The Morgan fingerprint density at radius 3 is 2.38 bits per heavy atom. The molecule has 10 heteroatoms. The number of hydrogen-bond acceptors (Lipinski definition) is 9. The summed E-state index contributed by atoms with van der Waals surface area (Å²) in [7, 11) is 7.04. The lowest BCUT2D eigenvalue weighted by Crippen LogP contribution is -2.74. The number of aromatic hydroxyl groups is 1. The zero-order valence-electron chi connectivity index (χ0n) is 22.9. The number of hydrogen-bond donors (Lipinski definition) is 3. The zero-order valence-corrected chi connectivity index (χ0v) is 22.9. The molecule has 0 spiro atoms. The third-order valence-electron chi connectivity index (χ3n) is 8.68. The minimum atomic E-state index is -2.73. The Balaban J connectivity index is 1.63. The largest absolute Gasteiger partial charge is 0.507 e. The monoisotopic (exact) mass is 547 g/mol. The van der Waals surface area contributed by atoms with E-state index in [1.807, 2.05) is 43.3 Å². The molecule has 3 aliphatic rings. The van der Waals surface area contributed by atoms with Crippen molar-refractivity contribution in [1.82, 2.24) is 9.80 Å². The Labute approximate surface area is 231 Å². The van der Waals surface area contributed by atoms with E-state index in [0.717, 1.165) is 16.7 Å². The van der Waals surface area contributed by atoms with E-state index in [1.165, 1.54) is 11.0 Å². The van der Waals surface area contributed by atoms with Crippen LogP contribution in [0.15, 0.2) is 36.4 Å². The topological polar surface area (TPSA) is 158 Å². The number of amides is 1. The molecule has 2 unspecified atom stereocenters. The number of nitrogens with two attached hydrogens (primary N) is 1. The summed E-state index contributed by atoms with van der Waals surface area (Å²) in [6, 6.07) is 9.86. The normalized spacial score (nSPS) is 29.8. The number of aliphatic hydroxyl groups is 1. The molecule has 40 heavy (non-hydrogen) atoms. The lowest BCUT2D eigenvalue weighted by molar-refractivity contribution is -0.181. The Morgan fingerprint density at radius 1 is 1.05 bits per heavy atom. The van der Waals surface area contributed by atoms with Gasteiger partial charge in [0, 0.05) is 12.5 Å². The van der Waals surface area contributed by atoms with Gasteiger partial charge in [0.2, 0.25) is 5.91 Å². The van der Waals surface area contributed by atoms with Crippen LogP contribution in [0.1, 0.15) is 27.9 Å². The molecule has 0 saturated heterocycles. The van der Waals surface area contributed by atoms with Crippen LogP contribution in [0.25, 0.3) is 11.1 Å². The van der Waals surface area contributed by atoms with Crippen molar-refractivity contribution in [2.24, 2.45) is 29.4 Å². The number of carbonyl (C=O) groups excluding carboxylic acids is 5. The number of Topliss-reactive ketones (excluding diaryl/α,β-unsaturated/α-hetero) is 4. The fourth-order valence-electron chi connectivity index (χ4n) is 7.08. The van der Waals surface area contributed by atoms with Crippen LogP contribution in [-0.4, -0.2) is 88.9 Å². The Morgan fingerprint density at radius 2 is 1.75 bits per heavy atom. The minimum Gasteiger partial charge on any atom is -0.507 e. The highest BCUT2D eigenvalue weighted by atomic mass is 16.3. The number of benzene rings is 2. The van der Waals surface area contributed by atoms with Crippen molar-refractivity contribution >= 4 is 29.0 Å². The second-order valence-electron chi connectivity index (χ2n) is 11.7. The van der Waals surface area contributed by atoms with Crippen molar-refractivity contribution in [2.45, 2.75) is 31.0 Å². The fraction of sp³-hybridized carbons (Fsp3) is 0.433. The van der Waals surface area contributed by atoms with Gasteiger partial charge in [0.15, 0.2) is 34.7 Å². The Kier molecular flexibility index (Phi) is 6.76.